The minimum absolute atomic E-state index is 0.656. The van der Waals surface area contributed by atoms with Crippen LogP contribution in [0.1, 0.15) is 30.0 Å². The van der Waals surface area contributed by atoms with Gasteiger partial charge in [-0.25, -0.2) is 0 Å². The summed E-state index contributed by atoms with van der Waals surface area (Å²) < 4.78 is 0. The minimum Gasteiger partial charge on any atom is -0.296 e. The summed E-state index contributed by atoms with van der Waals surface area (Å²) in [6.07, 6.45) is 3.89. The van der Waals surface area contributed by atoms with E-state index in [9.17, 15) is 0 Å². The lowest BCUT2D eigenvalue weighted by atomic mass is 9.84. The van der Waals surface area contributed by atoms with Crippen LogP contribution in [0.4, 0.5) is 0 Å². The highest BCUT2D eigenvalue weighted by molar-refractivity contribution is 6.11. The average Bonchev–Trinajstić information content (AvgIpc) is 3.03. The second-order valence-electron chi connectivity index (χ2n) is 6.43. The first-order valence-electron chi connectivity index (χ1n) is 8.10. The maximum Gasteiger partial charge on any atom is 0.0357 e. The van der Waals surface area contributed by atoms with Crippen LogP contribution < -0.4 is 0 Å². The normalized spacial score (nSPS) is 21.6. The van der Waals surface area contributed by atoms with Crippen molar-refractivity contribution in [2.45, 2.75) is 25.3 Å². The number of hydrogen-bond donors (Lipinski definition) is 0. The molecule has 1 atom stereocenters. The van der Waals surface area contributed by atoms with Crippen LogP contribution in [0.5, 0.6) is 0 Å². The molecule has 1 unspecified atom stereocenters. The molecule has 104 valence electrons. The lowest BCUT2D eigenvalue weighted by Gasteiger charge is -2.34. The van der Waals surface area contributed by atoms with Crippen LogP contribution in [0, 0.1) is 0 Å². The molecule has 0 spiro atoms. The number of rotatable bonds is 0. The lowest BCUT2D eigenvalue weighted by Crippen LogP contribution is -2.31. The van der Waals surface area contributed by atoms with Gasteiger partial charge in [-0.2, -0.15) is 0 Å². The van der Waals surface area contributed by atoms with Crippen molar-refractivity contribution in [3.8, 4) is 0 Å². The maximum atomic E-state index is 2.70. The third-order valence-corrected chi connectivity index (χ3v) is 5.43. The predicted octanol–water partition coefficient (Wildman–Crippen LogP) is 4.69. The molecule has 1 heteroatoms. The lowest BCUT2D eigenvalue weighted by molar-refractivity contribution is 0.246. The van der Waals surface area contributed by atoms with E-state index in [1.165, 1.54) is 53.9 Å². The Labute approximate surface area is 125 Å². The third kappa shape index (κ3) is 1.55. The molecule has 3 aromatic rings. The van der Waals surface area contributed by atoms with Gasteiger partial charge in [-0.3, -0.25) is 4.90 Å². The Hall–Kier alpha value is -1.86. The molecule has 0 radical (unpaired) electrons. The first-order chi connectivity index (χ1) is 10.4. The molecule has 0 bridgehead atoms. The fraction of sp³-hybridized carbons (Fsp3) is 0.300. The summed E-state index contributed by atoms with van der Waals surface area (Å²) in [4.78, 5) is 2.70. The van der Waals surface area contributed by atoms with Crippen LogP contribution >= 0.6 is 0 Å². The molecule has 0 aliphatic carbocycles. The van der Waals surface area contributed by atoms with Gasteiger partial charge >= 0.3 is 0 Å². The molecule has 2 aliphatic heterocycles. The Kier molecular flexibility index (Phi) is 2.42. The van der Waals surface area contributed by atoms with Crippen molar-refractivity contribution >= 4 is 21.5 Å². The Morgan fingerprint density at radius 2 is 1.43 bits per heavy atom. The SMILES string of the molecule is c1ccc2c(c1)c1c(c3ccccc32)C2CCCN2CC1. The molecule has 1 nitrogen and oxygen atoms in total. The first-order valence-corrected chi connectivity index (χ1v) is 8.10. The molecular formula is C20H19N. The Balaban J connectivity index is 1.97. The molecular weight excluding hydrogens is 254 g/mol. The highest BCUT2D eigenvalue weighted by Gasteiger charge is 2.33. The number of nitrogens with zero attached hydrogens (tertiary/aromatic N) is 1. The van der Waals surface area contributed by atoms with Crippen molar-refractivity contribution in [2.75, 3.05) is 13.1 Å². The Morgan fingerprint density at radius 1 is 0.762 bits per heavy atom. The van der Waals surface area contributed by atoms with Crippen LogP contribution in [0.25, 0.3) is 21.5 Å². The van der Waals surface area contributed by atoms with E-state index in [4.69, 9.17) is 0 Å². The second kappa shape index (κ2) is 4.32. The first kappa shape index (κ1) is 11.8. The molecule has 3 aromatic carbocycles. The van der Waals surface area contributed by atoms with E-state index in [0.29, 0.717) is 6.04 Å². The molecule has 5 rings (SSSR count). The van der Waals surface area contributed by atoms with Crippen molar-refractivity contribution in [3.05, 3.63) is 59.7 Å². The van der Waals surface area contributed by atoms with Crippen LogP contribution in [-0.4, -0.2) is 18.0 Å². The molecule has 0 saturated carbocycles. The van der Waals surface area contributed by atoms with E-state index in [1.54, 1.807) is 11.1 Å². The van der Waals surface area contributed by atoms with Gasteiger partial charge in [0.2, 0.25) is 0 Å². The van der Waals surface area contributed by atoms with E-state index >= 15 is 0 Å². The van der Waals surface area contributed by atoms with Crippen molar-refractivity contribution < 1.29 is 0 Å². The number of fused-ring (bicyclic) bond motifs is 8. The largest absolute Gasteiger partial charge is 0.296 e. The van der Waals surface area contributed by atoms with Gasteiger partial charge in [0.05, 0.1) is 0 Å². The zero-order valence-electron chi connectivity index (χ0n) is 12.2. The van der Waals surface area contributed by atoms with Crippen LogP contribution in [-0.2, 0) is 6.42 Å². The molecule has 2 aliphatic rings. The van der Waals surface area contributed by atoms with Gasteiger partial charge in [-0.1, -0.05) is 48.5 Å². The van der Waals surface area contributed by atoms with Gasteiger partial charge in [-0.05, 0) is 58.5 Å². The van der Waals surface area contributed by atoms with Crippen molar-refractivity contribution in [1.82, 2.24) is 4.90 Å². The van der Waals surface area contributed by atoms with E-state index in [0.717, 1.165) is 0 Å². The van der Waals surface area contributed by atoms with E-state index < -0.39 is 0 Å². The van der Waals surface area contributed by atoms with Gasteiger partial charge in [0.1, 0.15) is 0 Å². The summed E-state index contributed by atoms with van der Waals surface area (Å²) in [7, 11) is 0. The van der Waals surface area contributed by atoms with Crippen LogP contribution in [0.15, 0.2) is 48.5 Å². The predicted molar refractivity (Wildman–Crippen MR) is 88.7 cm³/mol. The summed E-state index contributed by atoms with van der Waals surface area (Å²) in [5.74, 6) is 0. The van der Waals surface area contributed by atoms with Gasteiger partial charge in [0.25, 0.3) is 0 Å². The van der Waals surface area contributed by atoms with Gasteiger partial charge in [0.15, 0.2) is 0 Å². The smallest absolute Gasteiger partial charge is 0.0357 e. The molecule has 0 N–H and O–H groups in total. The average molecular weight is 273 g/mol. The molecule has 2 heterocycles. The highest BCUT2D eigenvalue weighted by atomic mass is 15.2. The standard InChI is InChI=1S/C20H19N/c1-2-8-16-14(6-1)15-7-3-4-9-17(15)20-18(16)11-13-21-12-5-10-19(20)21/h1-4,6-9,19H,5,10-13H2. The van der Waals surface area contributed by atoms with E-state index in [1.807, 2.05) is 0 Å². The monoisotopic (exact) mass is 273 g/mol. The highest BCUT2D eigenvalue weighted by Crippen LogP contribution is 2.44. The fourth-order valence-electron chi connectivity index (χ4n) is 4.57. The maximum absolute atomic E-state index is 2.70. The quantitative estimate of drug-likeness (QED) is 0.537. The molecule has 21 heavy (non-hydrogen) atoms. The number of hydrogen-bond acceptors (Lipinski definition) is 1. The van der Waals surface area contributed by atoms with Gasteiger partial charge in [0, 0.05) is 12.6 Å². The summed E-state index contributed by atoms with van der Waals surface area (Å²) >= 11 is 0. The third-order valence-electron chi connectivity index (χ3n) is 5.43. The van der Waals surface area contributed by atoms with Crippen molar-refractivity contribution in [1.29, 1.82) is 0 Å². The van der Waals surface area contributed by atoms with E-state index in [-0.39, 0.29) is 0 Å². The summed E-state index contributed by atoms with van der Waals surface area (Å²) in [6, 6.07) is 18.6. The second-order valence-corrected chi connectivity index (χ2v) is 6.43. The zero-order valence-corrected chi connectivity index (χ0v) is 12.2. The zero-order chi connectivity index (χ0) is 13.8. The van der Waals surface area contributed by atoms with Crippen LogP contribution in [0.2, 0.25) is 0 Å². The summed E-state index contributed by atoms with van der Waals surface area (Å²) in [5.41, 5.74) is 3.25. The van der Waals surface area contributed by atoms with Crippen molar-refractivity contribution in [3.63, 3.8) is 0 Å². The molecule has 0 aromatic heterocycles. The molecule has 1 saturated heterocycles. The van der Waals surface area contributed by atoms with Gasteiger partial charge in [-0.15, -0.1) is 0 Å². The Bertz CT molecular complexity index is 849. The molecule has 1 fully saturated rings. The Morgan fingerprint density at radius 3 is 2.24 bits per heavy atom. The minimum atomic E-state index is 0.656. The molecule has 0 amide bonds. The van der Waals surface area contributed by atoms with Crippen LogP contribution in [0.3, 0.4) is 0 Å². The summed E-state index contributed by atoms with van der Waals surface area (Å²) in [6.45, 7) is 2.52. The van der Waals surface area contributed by atoms with Gasteiger partial charge < -0.3 is 0 Å². The topological polar surface area (TPSA) is 3.24 Å². The summed E-state index contributed by atoms with van der Waals surface area (Å²) in [5, 5.41) is 5.83. The fourth-order valence-corrected chi connectivity index (χ4v) is 4.57. The van der Waals surface area contributed by atoms with E-state index in [2.05, 4.69) is 53.4 Å². The number of benzene rings is 3. The van der Waals surface area contributed by atoms with Crippen molar-refractivity contribution in [2.24, 2.45) is 0 Å².